The SMILES string of the molecule is CC1CN(c2nnc(-c3ccc(C(F)(F)F)cc3)c3ccncc23)CCN1C(=O)c1ccccc1. The third-order valence-electron chi connectivity index (χ3n) is 6.26. The molecular weight excluding hydrogens is 455 g/mol. The van der Waals surface area contributed by atoms with E-state index in [1.165, 1.54) is 12.1 Å². The van der Waals surface area contributed by atoms with E-state index in [2.05, 4.69) is 20.1 Å². The maximum atomic E-state index is 13.0. The predicted molar refractivity (Wildman–Crippen MR) is 127 cm³/mol. The number of carbonyl (C=O) groups excluding carboxylic acids is 1. The first kappa shape index (κ1) is 22.8. The van der Waals surface area contributed by atoms with Gasteiger partial charge in [-0.05, 0) is 37.3 Å². The van der Waals surface area contributed by atoms with Crippen LogP contribution >= 0.6 is 0 Å². The van der Waals surface area contributed by atoms with Crippen LogP contribution in [0.3, 0.4) is 0 Å². The second kappa shape index (κ2) is 8.98. The average Bonchev–Trinajstić information content (AvgIpc) is 2.88. The number of anilines is 1. The van der Waals surface area contributed by atoms with Gasteiger partial charge in [0.15, 0.2) is 5.82 Å². The van der Waals surface area contributed by atoms with Crippen molar-refractivity contribution in [3.63, 3.8) is 0 Å². The Morgan fingerprint density at radius 1 is 0.943 bits per heavy atom. The van der Waals surface area contributed by atoms with Crippen LogP contribution in [0, 0.1) is 0 Å². The molecule has 0 spiro atoms. The first-order chi connectivity index (χ1) is 16.8. The second-order valence-corrected chi connectivity index (χ2v) is 8.53. The first-order valence-corrected chi connectivity index (χ1v) is 11.2. The lowest BCUT2D eigenvalue weighted by molar-refractivity contribution is -0.137. The lowest BCUT2D eigenvalue weighted by Gasteiger charge is -2.40. The largest absolute Gasteiger partial charge is 0.416 e. The Kier molecular flexibility index (Phi) is 5.84. The molecule has 2 aromatic carbocycles. The molecule has 2 aromatic heterocycles. The maximum absolute atomic E-state index is 13.0. The highest BCUT2D eigenvalue weighted by atomic mass is 19.4. The molecule has 35 heavy (non-hydrogen) atoms. The van der Waals surface area contributed by atoms with E-state index in [9.17, 15) is 18.0 Å². The van der Waals surface area contributed by atoms with Crippen molar-refractivity contribution in [2.45, 2.75) is 19.1 Å². The molecular formula is C26H22F3N5O. The zero-order valence-electron chi connectivity index (χ0n) is 18.9. The van der Waals surface area contributed by atoms with E-state index in [0.29, 0.717) is 42.3 Å². The summed E-state index contributed by atoms with van der Waals surface area (Å²) in [7, 11) is 0. The van der Waals surface area contributed by atoms with Crippen molar-refractivity contribution in [3.8, 4) is 11.3 Å². The Labute approximate surface area is 200 Å². The normalized spacial score (nSPS) is 16.5. The summed E-state index contributed by atoms with van der Waals surface area (Å²) in [5, 5.41) is 10.3. The fraction of sp³-hybridized carbons (Fsp3) is 0.231. The van der Waals surface area contributed by atoms with E-state index in [-0.39, 0.29) is 11.9 Å². The summed E-state index contributed by atoms with van der Waals surface area (Å²) in [5.41, 5.74) is 0.975. The molecule has 0 N–H and O–H groups in total. The zero-order chi connectivity index (χ0) is 24.6. The molecule has 1 amide bonds. The van der Waals surface area contributed by atoms with Crippen LogP contribution < -0.4 is 4.90 Å². The monoisotopic (exact) mass is 477 g/mol. The molecule has 5 rings (SSSR count). The van der Waals surface area contributed by atoms with Crippen molar-refractivity contribution in [2.24, 2.45) is 0 Å². The molecule has 0 radical (unpaired) electrons. The van der Waals surface area contributed by atoms with E-state index < -0.39 is 11.7 Å². The van der Waals surface area contributed by atoms with Crippen LogP contribution in [0.2, 0.25) is 0 Å². The Morgan fingerprint density at radius 3 is 2.37 bits per heavy atom. The molecule has 1 aliphatic heterocycles. The van der Waals surface area contributed by atoms with Crippen molar-refractivity contribution in [1.82, 2.24) is 20.1 Å². The summed E-state index contributed by atoms with van der Waals surface area (Å²) < 4.78 is 38.9. The highest BCUT2D eigenvalue weighted by Crippen LogP contribution is 2.34. The quantitative estimate of drug-likeness (QED) is 0.413. The molecule has 178 valence electrons. The smallest absolute Gasteiger partial charge is 0.351 e. The van der Waals surface area contributed by atoms with Gasteiger partial charge in [0.2, 0.25) is 0 Å². The fourth-order valence-electron chi connectivity index (χ4n) is 4.45. The topological polar surface area (TPSA) is 62.2 Å². The minimum atomic E-state index is -4.40. The molecule has 3 heterocycles. The van der Waals surface area contributed by atoms with Gasteiger partial charge < -0.3 is 9.80 Å². The third-order valence-corrected chi connectivity index (χ3v) is 6.26. The van der Waals surface area contributed by atoms with Crippen molar-refractivity contribution in [1.29, 1.82) is 0 Å². The fourth-order valence-corrected chi connectivity index (χ4v) is 4.45. The van der Waals surface area contributed by atoms with Gasteiger partial charge >= 0.3 is 6.18 Å². The van der Waals surface area contributed by atoms with Crippen LogP contribution in [0.4, 0.5) is 19.0 Å². The van der Waals surface area contributed by atoms with Crippen LogP contribution in [0.5, 0.6) is 0 Å². The second-order valence-electron chi connectivity index (χ2n) is 8.53. The number of carbonyl (C=O) groups is 1. The van der Waals surface area contributed by atoms with Gasteiger partial charge in [0.25, 0.3) is 5.91 Å². The molecule has 1 saturated heterocycles. The summed E-state index contributed by atoms with van der Waals surface area (Å²) in [6.07, 6.45) is -1.08. The van der Waals surface area contributed by atoms with Gasteiger partial charge in [-0.1, -0.05) is 30.3 Å². The molecule has 6 nitrogen and oxygen atoms in total. The summed E-state index contributed by atoms with van der Waals surface area (Å²) in [6, 6.07) is 15.8. The third kappa shape index (κ3) is 4.41. The molecule has 0 bridgehead atoms. The number of amides is 1. The molecule has 0 saturated carbocycles. The van der Waals surface area contributed by atoms with Gasteiger partial charge in [-0.2, -0.15) is 13.2 Å². The maximum Gasteiger partial charge on any atom is 0.416 e. The first-order valence-electron chi connectivity index (χ1n) is 11.2. The highest BCUT2D eigenvalue weighted by molar-refractivity contribution is 6.00. The molecule has 1 aliphatic rings. The number of nitrogens with zero attached hydrogens (tertiary/aromatic N) is 5. The van der Waals surface area contributed by atoms with E-state index in [0.717, 1.165) is 22.9 Å². The number of benzene rings is 2. The summed E-state index contributed by atoms with van der Waals surface area (Å²) in [6.45, 7) is 3.66. The summed E-state index contributed by atoms with van der Waals surface area (Å²) in [5.74, 6) is 0.635. The van der Waals surface area contributed by atoms with Gasteiger partial charge in [-0.15, -0.1) is 10.2 Å². The molecule has 9 heteroatoms. The van der Waals surface area contributed by atoms with Crippen molar-refractivity contribution in [3.05, 3.63) is 84.2 Å². The summed E-state index contributed by atoms with van der Waals surface area (Å²) >= 11 is 0. The Bertz CT molecular complexity index is 1360. The lowest BCUT2D eigenvalue weighted by Crippen LogP contribution is -2.54. The highest BCUT2D eigenvalue weighted by Gasteiger charge is 2.31. The number of hydrogen-bond donors (Lipinski definition) is 0. The number of rotatable bonds is 3. The Balaban J connectivity index is 1.43. The molecule has 1 atom stereocenters. The van der Waals surface area contributed by atoms with Crippen LogP contribution in [-0.2, 0) is 6.18 Å². The van der Waals surface area contributed by atoms with Crippen molar-refractivity contribution in [2.75, 3.05) is 24.5 Å². The number of fused-ring (bicyclic) bond motifs is 1. The molecule has 1 unspecified atom stereocenters. The zero-order valence-corrected chi connectivity index (χ0v) is 18.9. The minimum absolute atomic E-state index is 0.00647. The number of hydrogen-bond acceptors (Lipinski definition) is 5. The van der Waals surface area contributed by atoms with E-state index in [1.54, 1.807) is 18.5 Å². The Morgan fingerprint density at radius 2 is 1.69 bits per heavy atom. The van der Waals surface area contributed by atoms with Crippen molar-refractivity contribution >= 4 is 22.5 Å². The van der Waals surface area contributed by atoms with Gasteiger partial charge in [-0.3, -0.25) is 9.78 Å². The standard InChI is InChI=1S/C26H22F3N5O/c1-17-16-33(13-14-34(17)25(35)19-5-3-2-4-6-19)24-22-15-30-12-11-21(22)23(31-32-24)18-7-9-20(10-8-18)26(27,28)29/h2-12,15,17H,13-14,16H2,1H3. The van der Waals surface area contributed by atoms with E-state index in [1.807, 2.05) is 42.2 Å². The lowest BCUT2D eigenvalue weighted by atomic mass is 10.0. The number of halogens is 3. The number of alkyl halides is 3. The van der Waals surface area contributed by atoms with Crippen LogP contribution in [0.1, 0.15) is 22.8 Å². The van der Waals surface area contributed by atoms with Crippen LogP contribution in [0.25, 0.3) is 22.0 Å². The van der Waals surface area contributed by atoms with E-state index in [4.69, 9.17) is 0 Å². The number of aromatic nitrogens is 3. The van der Waals surface area contributed by atoms with Gasteiger partial charge in [0, 0.05) is 60.0 Å². The van der Waals surface area contributed by atoms with Gasteiger partial charge in [0.05, 0.1) is 5.56 Å². The molecule has 1 fully saturated rings. The van der Waals surface area contributed by atoms with Gasteiger partial charge in [0.1, 0.15) is 5.69 Å². The summed E-state index contributed by atoms with van der Waals surface area (Å²) in [4.78, 5) is 21.1. The minimum Gasteiger partial charge on any atom is -0.351 e. The molecule has 4 aromatic rings. The predicted octanol–water partition coefficient (Wildman–Crippen LogP) is 5.06. The Hall–Kier alpha value is -4.01. The van der Waals surface area contributed by atoms with Crippen LogP contribution in [-0.4, -0.2) is 51.7 Å². The van der Waals surface area contributed by atoms with Gasteiger partial charge in [-0.25, -0.2) is 0 Å². The van der Waals surface area contributed by atoms with Crippen LogP contribution in [0.15, 0.2) is 73.1 Å². The molecule has 0 aliphatic carbocycles. The van der Waals surface area contributed by atoms with E-state index >= 15 is 0 Å². The average molecular weight is 477 g/mol. The van der Waals surface area contributed by atoms with Crippen molar-refractivity contribution < 1.29 is 18.0 Å². The number of pyridine rings is 1. The number of piperazine rings is 1.